The molecule has 0 unspecified atom stereocenters. The highest BCUT2D eigenvalue weighted by atomic mass is 16.5. The van der Waals surface area contributed by atoms with Gasteiger partial charge >= 0.3 is 0 Å². The van der Waals surface area contributed by atoms with Gasteiger partial charge in [0.15, 0.2) is 5.96 Å². The number of guanidine groups is 1. The van der Waals surface area contributed by atoms with Gasteiger partial charge in [-0.2, -0.15) is 0 Å². The summed E-state index contributed by atoms with van der Waals surface area (Å²) in [5.74, 6) is 2.63. The van der Waals surface area contributed by atoms with E-state index in [1.165, 1.54) is 16.7 Å². The quantitative estimate of drug-likeness (QED) is 0.501. The van der Waals surface area contributed by atoms with Crippen LogP contribution in [0.15, 0.2) is 47.5 Å². The summed E-state index contributed by atoms with van der Waals surface area (Å²) in [5, 5.41) is 7.00. The van der Waals surface area contributed by atoms with Crippen LogP contribution in [0, 0.1) is 6.92 Å². The maximum absolute atomic E-state index is 5.72. The fourth-order valence-corrected chi connectivity index (χ4v) is 4.13. The molecule has 0 radical (unpaired) electrons. The van der Waals surface area contributed by atoms with Crippen molar-refractivity contribution in [1.82, 2.24) is 10.6 Å². The topological polar surface area (TPSA) is 64.1 Å². The van der Waals surface area contributed by atoms with E-state index in [0.29, 0.717) is 0 Å². The number of methoxy groups -OCH3 is 2. The lowest BCUT2D eigenvalue weighted by Gasteiger charge is -2.39. The minimum absolute atomic E-state index is 0.0524. The summed E-state index contributed by atoms with van der Waals surface area (Å²) >= 11 is 0. The van der Waals surface area contributed by atoms with Gasteiger partial charge in [-0.05, 0) is 49.9 Å². The second-order valence-corrected chi connectivity index (χ2v) is 8.05. The molecule has 0 aromatic heterocycles. The van der Waals surface area contributed by atoms with Crippen molar-refractivity contribution in [3.63, 3.8) is 0 Å². The zero-order valence-electron chi connectivity index (χ0n) is 19.2. The molecule has 0 atom stereocenters. The van der Waals surface area contributed by atoms with Gasteiger partial charge in [0.25, 0.3) is 0 Å². The molecular weight excluding hydrogens is 390 g/mol. The average molecular weight is 426 g/mol. The van der Waals surface area contributed by atoms with E-state index in [0.717, 1.165) is 63.0 Å². The van der Waals surface area contributed by atoms with Gasteiger partial charge < -0.3 is 24.8 Å². The fourth-order valence-electron chi connectivity index (χ4n) is 4.13. The van der Waals surface area contributed by atoms with Crippen molar-refractivity contribution < 1.29 is 14.2 Å². The standard InChI is InChI=1S/C25H35N3O3/c1-19-5-10-23(30-4)22(17-19)25(12-15-31-16-13-25)18-28-24(26-2)27-14-11-20-6-8-21(29-3)9-7-20/h5-10,17H,11-16,18H2,1-4H3,(H2,26,27,28). The lowest BCUT2D eigenvalue weighted by Crippen LogP contribution is -2.48. The van der Waals surface area contributed by atoms with Crippen molar-refractivity contribution in [1.29, 1.82) is 0 Å². The molecule has 6 heteroatoms. The molecule has 3 rings (SSSR count). The highest BCUT2D eigenvalue weighted by Crippen LogP contribution is 2.40. The van der Waals surface area contributed by atoms with Gasteiger partial charge in [0.05, 0.1) is 14.2 Å². The van der Waals surface area contributed by atoms with E-state index in [4.69, 9.17) is 14.2 Å². The highest BCUT2D eigenvalue weighted by molar-refractivity contribution is 5.79. The van der Waals surface area contributed by atoms with Crippen molar-refractivity contribution in [2.24, 2.45) is 4.99 Å². The summed E-state index contributed by atoms with van der Waals surface area (Å²) < 4.78 is 16.6. The van der Waals surface area contributed by atoms with Gasteiger partial charge in [-0.15, -0.1) is 0 Å². The van der Waals surface area contributed by atoms with E-state index < -0.39 is 0 Å². The molecule has 2 aromatic carbocycles. The Balaban J connectivity index is 1.64. The molecule has 1 saturated heterocycles. The molecule has 0 amide bonds. The molecule has 2 N–H and O–H groups in total. The van der Waals surface area contributed by atoms with Gasteiger partial charge in [0.2, 0.25) is 0 Å². The Morgan fingerprint density at radius 1 is 1.03 bits per heavy atom. The van der Waals surface area contributed by atoms with Gasteiger partial charge in [-0.3, -0.25) is 4.99 Å². The third-order valence-electron chi connectivity index (χ3n) is 6.06. The summed E-state index contributed by atoms with van der Waals surface area (Å²) in [5.41, 5.74) is 3.70. The number of nitrogens with zero attached hydrogens (tertiary/aromatic N) is 1. The molecule has 0 saturated carbocycles. The molecule has 6 nitrogen and oxygen atoms in total. The Hall–Kier alpha value is -2.73. The molecule has 1 heterocycles. The normalized spacial score (nSPS) is 15.9. The number of benzene rings is 2. The van der Waals surface area contributed by atoms with Gasteiger partial charge in [-0.1, -0.05) is 29.8 Å². The molecular formula is C25H35N3O3. The highest BCUT2D eigenvalue weighted by Gasteiger charge is 2.37. The van der Waals surface area contributed by atoms with E-state index >= 15 is 0 Å². The number of aryl methyl sites for hydroxylation is 1. The first-order valence-corrected chi connectivity index (χ1v) is 10.9. The van der Waals surface area contributed by atoms with Crippen LogP contribution in [0.3, 0.4) is 0 Å². The molecule has 1 aliphatic rings. The molecule has 1 aliphatic heterocycles. The first kappa shape index (κ1) is 22.9. The predicted molar refractivity (Wildman–Crippen MR) is 126 cm³/mol. The predicted octanol–water partition coefficient (Wildman–Crippen LogP) is 3.47. The van der Waals surface area contributed by atoms with E-state index in [1.54, 1.807) is 14.2 Å². The third kappa shape index (κ3) is 5.91. The zero-order chi connectivity index (χ0) is 22.1. The first-order valence-electron chi connectivity index (χ1n) is 10.9. The number of nitrogens with one attached hydrogen (secondary N) is 2. The maximum atomic E-state index is 5.72. The van der Waals surface area contributed by atoms with Gasteiger partial charge in [0.1, 0.15) is 11.5 Å². The van der Waals surface area contributed by atoms with E-state index in [-0.39, 0.29) is 5.41 Å². The number of hydrogen-bond acceptors (Lipinski definition) is 4. The Morgan fingerprint density at radius 3 is 2.42 bits per heavy atom. The van der Waals surface area contributed by atoms with Gasteiger partial charge in [0, 0.05) is 44.3 Å². The van der Waals surface area contributed by atoms with Gasteiger partial charge in [-0.25, -0.2) is 0 Å². The average Bonchev–Trinajstić information content (AvgIpc) is 2.82. The Morgan fingerprint density at radius 2 is 1.77 bits per heavy atom. The van der Waals surface area contributed by atoms with Crippen LogP contribution < -0.4 is 20.1 Å². The number of ether oxygens (including phenoxy) is 3. The summed E-state index contributed by atoms with van der Waals surface area (Å²) in [6.45, 7) is 5.21. The minimum Gasteiger partial charge on any atom is -0.497 e. The lowest BCUT2D eigenvalue weighted by molar-refractivity contribution is 0.0505. The Bertz CT molecular complexity index is 859. The second kappa shape index (κ2) is 11.0. The van der Waals surface area contributed by atoms with Crippen molar-refractivity contribution in [3.05, 3.63) is 59.2 Å². The van der Waals surface area contributed by atoms with Crippen molar-refractivity contribution >= 4 is 5.96 Å². The Labute approximate surface area is 186 Å². The molecule has 1 fully saturated rings. The van der Waals surface area contributed by atoms with Crippen LogP contribution in [0.25, 0.3) is 0 Å². The smallest absolute Gasteiger partial charge is 0.191 e. The van der Waals surface area contributed by atoms with Crippen LogP contribution in [0.2, 0.25) is 0 Å². The van der Waals surface area contributed by atoms with Crippen molar-refractivity contribution in [2.75, 3.05) is 47.6 Å². The van der Waals surface area contributed by atoms with Crippen LogP contribution >= 0.6 is 0 Å². The third-order valence-corrected chi connectivity index (χ3v) is 6.06. The molecule has 168 valence electrons. The minimum atomic E-state index is -0.0524. The van der Waals surface area contributed by atoms with Crippen LogP contribution in [-0.2, 0) is 16.6 Å². The second-order valence-electron chi connectivity index (χ2n) is 8.05. The van der Waals surface area contributed by atoms with Crippen LogP contribution in [0.5, 0.6) is 11.5 Å². The molecule has 0 spiro atoms. The summed E-state index contributed by atoms with van der Waals surface area (Å²) in [4.78, 5) is 4.43. The van der Waals surface area contributed by atoms with Crippen LogP contribution in [0.1, 0.15) is 29.5 Å². The Kier molecular flexibility index (Phi) is 8.18. The summed E-state index contributed by atoms with van der Waals surface area (Å²) in [6, 6.07) is 14.6. The molecule has 2 aromatic rings. The molecule has 31 heavy (non-hydrogen) atoms. The lowest BCUT2D eigenvalue weighted by atomic mass is 9.73. The molecule has 0 aliphatic carbocycles. The van der Waals surface area contributed by atoms with E-state index in [1.807, 2.05) is 19.2 Å². The van der Waals surface area contributed by atoms with Crippen LogP contribution in [-0.4, -0.2) is 53.5 Å². The number of aliphatic imine (C=N–C) groups is 1. The van der Waals surface area contributed by atoms with Crippen molar-refractivity contribution in [2.45, 2.75) is 31.6 Å². The largest absolute Gasteiger partial charge is 0.497 e. The first-order chi connectivity index (χ1) is 15.1. The summed E-state index contributed by atoms with van der Waals surface area (Å²) in [6.07, 6.45) is 2.81. The van der Waals surface area contributed by atoms with Crippen LogP contribution in [0.4, 0.5) is 0 Å². The molecule has 0 bridgehead atoms. The fraction of sp³-hybridized carbons (Fsp3) is 0.480. The summed E-state index contributed by atoms with van der Waals surface area (Å²) in [7, 11) is 5.24. The van der Waals surface area contributed by atoms with E-state index in [2.05, 4.69) is 52.9 Å². The number of rotatable bonds is 8. The monoisotopic (exact) mass is 425 g/mol. The zero-order valence-corrected chi connectivity index (χ0v) is 19.2. The van der Waals surface area contributed by atoms with Crippen molar-refractivity contribution in [3.8, 4) is 11.5 Å². The maximum Gasteiger partial charge on any atom is 0.191 e. The van der Waals surface area contributed by atoms with E-state index in [9.17, 15) is 0 Å². The SMILES string of the molecule is CN=C(NCCc1ccc(OC)cc1)NCC1(c2cc(C)ccc2OC)CCOCC1. The number of hydrogen-bond donors (Lipinski definition) is 2.